The van der Waals surface area contributed by atoms with Crippen LogP contribution in [0, 0.1) is 12.3 Å². The maximum atomic E-state index is 8.89. The Morgan fingerprint density at radius 3 is 2.56 bits per heavy atom. The van der Waals surface area contributed by atoms with Crippen molar-refractivity contribution in [2.75, 3.05) is 7.11 Å². The molecule has 2 unspecified atom stereocenters. The van der Waals surface area contributed by atoms with E-state index in [1.807, 2.05) is 0 Å². The Kier molecular flexibility index (Phi) is 3.78. The lowest BCUT2D eigenvalue weighted by atomic mass is 10.2. The summed E-state index contributed by atoms with van der Waals surface area (Å²) >= 11 is 0. The van der Waals surface area contributed by atoms with E-state index in [1.54, 1.807) is 0 Å². The topological polar surface area (TPSA) is 29.5 Å². The summed E-state index contributed by atoms with van der Waals surface area (Å²) in [5.74, 6) is 2.13. The number of hydrogen-bond acceptors (Lipinski definition) is 2. The Bertz CT molecular complexity index is 123. The third-order valence-corrected chi connectivity index (χ3v) is 0.986. The summed E-state index contributed by atoms with van der Waals surface area (Å²) in [5.41, 5.74) is 0. The summed E-state index contributed by atoms with van der Waals surface area (Å²) < 4.78 is 4.74. The van der Waals surface area contributed by atoms with Crippen LogP contribution in [0.25, 0.3) is 0 Å². The van der Waals surface area contributed by atoms with E-state index in [-0.39, 0.29) is 0 Å². The lowest BCUT2D eigenvalue weighted by Gasteiger charge is -2.11. The van der Waals surface area contributed by atoms with Gasteiger partial charge in [0, 0.05) is 7.11 Å². The summed E-state index contributed by atoms with van der Waals surface area (Å²) in [5, 5.41) is 8.89. The van der Waals surface area contributed by atoms with E-state index in [2.05, 4.69) is 12.5 Å². The fourth-order valence-electron chi connectivity index (χ4n) is 0.449. The fraction of sp³-hybridized carbons (Fsp3) is 0.429. The molecule has 0 aliphatic heterocycles. The molecule has 2 nitrogen and oxygen atoms in total. The second-order valence-electron chi connectivity index (χ2n) is 1.55. The molecular formula is C7H10O2. The van der Waals surface area contributed by atoms with Crippen LogP contribution in [0.2, 0.25) is 0 Å². The summed E-state index contributed by atoms with van der Waals surface area (Å²) in [6.07, 6.45) is 5.03. The van der Waals surface area contributed by atoms with Crippen molar-refractivity contribution >= 4 is 0 Å². The first-order chi connectivity index (χ1) is 4.26. The van der Waals surface area contributed by atoms with E-state index in [4.69, 9.17) is 16.3 Å². The molecule has 0 rings (SSSR count). The van der Waals surface area contributed by atoms with Crippen molar-refractivity contribution < 1.29 is 9.84 Å². The molecule has 0 saturated carbocycles. The molecule has 0 aliphatic carbocycles. The first-order valence-corrected chi connectivity index (χ1v) is 2.55. The molecular weight excluding hydrogens is 116 g/mol. The summed E-state index contributed by atoms with van der Waals surface area (Å²) in [6, 6.07) is 0. The van der Waals surface area contributed by atoms with E-state index in [9.17, 15) is 0 Å². The molecule has 0 saturated heterocycles. The molecule has 2 atom stereocenters. The zero-order valence-electron chi connectivity index (χ0n) is 5.37. The molecule has 0 radical (unpaired) electrons. The smallest absolute Gasteiger partial charge is 0.144 e. The molecule has 0 aromatic heterocycles. The Balaban J connectivity index is 3.82. The van der Waals surface area contributed by atoms with Gasteiger partial charge in [-0.3, -0.25) is 0 Å². The molecule has 9 heavy (non-hydrogen) atoms. The highest BCUT2D eigenvalue weighted by molar-refractivity contribution is 5.03. The minimum Gasteiger partial charge on any atom is -0.377 e. The number of rotatable bonds is 3. The Morgan fingerprint density at radius 1 is 1.89 bits per heavy atom. The van der Waals surface area contributed by atoms with E-state index < -0.39 is 12.2 Å². The van der Waals surface area contributed by atoms with Crippen LogP contribution in [0.4, 0.5) is 0 Å². The van der Waals surface area contributed by atoms with Gasteiger partial charge in [-0.25, -0.2) is 0 Å². The third-order valence-electron chi connectivity index (χ3n) is 0.986. The fourth-order valence-corrected chi connectivity index (χ4v) is 0.449. The highest BCUT2D eigenvalue weighted by Crippen LogP contribution is 1.96. The van der Waals surface area contributed by atoms with Gasteiger partial charge in [0.2, 0.25) is 0 Å². The summed E-state index contributed by atoms with van der Waals surface area (Å²) in [7, 11) is 1.47. The molecule has 50 valence electrons. The number of aliphatic hydroxyl groups is 1. The van der Waals surface area contributed by atoms with Crippen molar-refractivity contribution in [1.82, 2.24) is 0 Å². The van der Waals surface area contributed by atoms with Crippen molar-refractivity contribution in [3.8, 4) is 12.3 Å². The van der Waals surface area contributed by atoms with Gasteiger partial charge < -0.3 is 9.84 Å². The number of methoxy groups -OCH3 is 1. The lowest BCUT2D eigenvalue weighted by Crippen LogP contribution is -2.23. The van der Waals surface area contributed by atoms with Gasteiger partial charge in [0.15, 0.2) is 0 Å². The van der Waals surface area contributed by atoms with Crippen LogP contribution in [0.15, 0.2) is 12.7 Å². The van der Waals surface area contributed by atoms with Gasteiger partial charge in [0.05, 0.1) is 0 Å². The van der Waals surface area contributed by atoms with Gasteiger partial charge in [-0.1, -0.05) is 12.0 Å². The van der Waals surface area contributed by atoms with Crippen LogP contribution in [-0.2, 0) is 4.74 Å². The maximum Gasteiger partial charge on any atom is 0.144 e. The molecule has 0 bridgehead atoms. The van der Waals surface area contributed by atoms with Crippen molar-refractivity contribution in [2.24, 2.45) is 0 Å². The molecule has 2 heteroatoms. The largest absolute Gasteiger partial charge is 0.377 e. The van der Waals surface area contributed by atoms with E-state index in [0.29, 0.717) is 0 Å². The van der Waals surface area contributed by atoms with Gasteiger partial charge in [-0.2, -0.15) is 0 Å². The normalized spacial score (nSPS) is 15.7. The minimum absolute atomic E-state index is 0.449. The molecule has 0 aliphatic rings. The number of hydrogen-bond donors (Lipinski definition) is 1. The molecule has 0 spiro atoms. The molecule has 0 aromatic carbocycles. The quantitative estimate of drug-likeness (QED) is 0.432. The molecule has 0 fully saturated rings. The van der Waals surface area contributed by atoms with Gasteiger partial charge in [-0.15, -0.1) is 13.0 Å². The van der Waals surface area contributed by atoms with Crippen LogP contribution in [0.5, 0.6) is 0 Å². The van der Waals surface area contributed by atoms with Gasteiger partial charge in [0.25, 0.3) is 0 Å². The second kappa shape index (κ2) is 4.13. The predicted octanol–water partition coefficient (Wildman–Crippen LogP) is 0.181. The minimum atomic E-state index is -0.882. The second-order valence-corrected chi connectivity index (χ2v) is 1.55. The number of aliphatic hydroxyl groups excluding tert-OH is 1. The average Bonchev–Trinajstić information content (AvgIpc) is 1.90. The standard InChI is InChI=1S/C7H10O2/c1-4-6(8)7(5-2)9-3/h1,5-8H,2H2,3H3. The van der Waals surface area contributed by atoms with Crippen LogP contribution < -0.4 is 0 Å². The van der Waals surface area contributed by atoms with Crippen molar-refractivity contribution in [1.29, 1.82) is 0 Å². The first kappa shape index (κ1) is 8.22. The number of ether oxygens (including phenoxy) is 1. The van der Waals surface area contributed by atoms with E-state index >= 15 is 0 Å². The molecule has 0 aromatic rings. The average molecular weight is 126 g/mol. The van der Waals surface area contributed by atoms with Crippen molar-refractivity contribution in [3.63, 3.8) is 0 Å². The molecule has 0 heterocycles. The Labute approximate surface area is 55.1 Å². The van der Waals surface area contributed by atoms with E-state index in [0.717, 1.165) is 0 Å². The predicted molar refractivity (Wildman–Crippen MR) is 35.8 cm³/mol. The van der Waals surface area contributed by atoms with Gasteiger partial charge in [-0.05, 0) is 0 Å². The lowest BCUT2D eigenvalue weighted by molar-refractivity contribution is 0.0480. The Hall–Kier alpha value is -0.780. The third kappa shape index (κ3) is 2.31. The van der Waals surface area contributed by atoms with Crippen LogP contribution >= 0.6 is 0 Å². The van der Waals surface area contributed by atoms with Crippen LogP contribution in [0.3, 0.4) is 0 Å². The zero-order valence-corrected chi connectivity index (χ0v) is 5.37. The highest BCUT2D eigenvalue weighted by Gasteiger charge is 2.10. The highest BCUT2D eigenvalue weighted by atomic mass is 16.5. The first-order valence-electron chi connectivity index (χ1n) is 2.55. The zero-order chi connectivity index (χ0) is 7.28. The Morgan fingerprint density at radius 2 is 2.44 bits per heavy atom. The van der Waals surface area contributed by atoms with Crippen molar-refractivity contribution in [3.05, 3.63) is 12.7 Å². The van der Waals surface area contributed by atoms with E-state index in [1.165, 1.54) is 13.2 Å². The monoisotopic (exact) mass is 126 g/mol. The molecule has 0 amide bonds. The van der Waals surface area contributed by atoms with Gasteiger partial charge in [0.1, 0.15) is 12.2 Å². The SMILES string of the molecule is C#CC(O)C(C=C)OC. The summed E-state index contributed by atoms with van der Waals surface area (Å²) in [6.45, 7) is 3.42. The van der Waals surface area contributed by atoms with Gasteiger partial charge >= 0.3 is 0 Å². The van der Waals surface area contributed by atoms with Crippen molar-refractivity contribution in [2.45, 2.75) is 12.2 Å². The van der Waals surface area contributed by atoms with Crippen LogP contribution in [-0.4, -0.2) is 24.4 Å². The molecule has 1 N–H and O–H groups in total. The van der Waals surface area contributed by atoms with Crippen LogP contribution in [0.1, 0.15) is 0 Å². The summed E-state index contributed by atoms with van der Waals surface area (Å²) in [4.78, 5) is 0. The number of terminal acetylenes is 1. The maximum absolute atomic E-state index is 8.89.